The van der Waals surface area contributed by atoms with Crippen molar-refractivity contribution in [2.45, 2.75) is 13.8 Å². The maximum atomic E-state index is 12.0. The van der Waals surface area contributed by atoms with Gasteiger partial charge in [-0.05, 0) is 30.3 Å². The van der Waals surface area contributed by atoms with E-state index in [2.05, 4.69) is 15.7 Å². The van der Waals surface area contributed by atoms with Crippen LogP contribution < -0.4 is 10.6 Å². The van der Waals surface area contributed by atoms with Crippen LogP contribution in [0.4, 0.5) is 0 Å². The van der Waals surface area contributed by atoms with Gasteiger partial charge in [0.15, 0.2) is 0 Å². The summed E-state index contributed by atoms with van der Waals surface area (Å²) in [6, 6.07) is 9.01. The van der Waals surface area contributed by atoms with Gasteiger partial charge in [0, 0.05) is 37.0 Å². The second kappa shape index (κ2) is 7.40. The van der Waals surface area contributed by atoms with Crippen molar-refractivity contribution in [3.05, 3.63) is 48.3 Å². The third-order valence-electron chi connectivity index (χ3n) is 3.13. The second-order valence-electron chi connectivity index (χ2n) is 5.20. The zero-order valence-electron chi connectivity index (χ0n) is 12.7. The zero-order chi connectivity index (χ0) is 15.9. The third kappa shape index (κ3) is 4.18. The molecule has 2 N–H and O–H groups in total. The van der Waals surface area contributed by atoms with Crippen LogP contribution in [0.3, 0.4) is 0 Å². The SMILES string of the molecule is CC(C)C(=O)NCCNC(=O)c1ccc(-n2cccn2)cc1. The van der Waals surface area contributed by atoms with Gasteiger partial charge in [0.2, 0.25) is 5.91 Å². The molecule has 0 atom stereocenters. The smallest absolute Gasteiger partial charge is 0.251 e. The average Bonchev–Trinajstić information content (AvgIpc) is 3.05. The summed E-state index contributed by atoms with van der Waals surface area (Å²) >= 11 is 0. The number of nitrogens with zero attached hydrogens (tertiary/aromatic N) is 2. The Kier molecular flexibility index (Phi) is 5.30. The van der Waals surface area contributed by atoms with Crippen molar-refractivity contribution in [3.8, 4) is 5.69 Å². The highest BCUT2D eigenvalue weighted by Gasteiger charge is 2.07. The Hall–Kier alpha value is -2.63. The van der Waals surface area contributed by atoms with Crippen LogP contribution in [0.2, 0.25) is 0 Å². The highest BCUT2D eigenvalue weighted by molar-refractivity contribution is 5.94. The number of nitrogens with one attached hydrogen (secondary N) is 2. The normalized spacial score (nSPS) is 10.5. The number of aromatic nitrogens is 2. The summed E-state index contributed by atoms with van der Waals surface area (Å²) in [5, 5.41) is 9.65. The van der Waals surface area contributed by atoms with E-state index in [1.807, 2.05) is 38.2 Å². The summed E-state index contributed by atoms with van der Waals surface area (Å²) in [5.41, 5.74) is 1.47. The Labute approximate surface area is 129 Å². The lowest BCUT2D eigenvalue weighted by molar-refractivity contribution is -0.123. The summed E-state index contributed by atoms with van der Waals surface area (Å²) < 4.78 is 1.73. The van der Waals surface area contributed by atoms with E-state index in [1.165, 1.54) is 0 Å². The van der Waals surface area contributed by atoms with E-state index in [0.29, 0.717) is 18.7 Å². The summed E-state index contributed by atoms with van der Waals surface area (Å²) in [4.78, 5) is 23.4. The number of hydrogen-bond acceptors (Lipinski definition) is 3. The minimum Gasteiger partial charge on any atom is -0.354 e. The molecule has 1 aromatic carbocycles. The summed E-state index contributed by atoms with van der Waals surface area (Å²) in [7, 11) is 0. The van der Waals surface area contributed by atoms with E-state index < -0.39 is 0 Å². The van der Waals surface area contributed by atoms with Crippen molar-refractivity contribution in [2.24, 2.45) is 5.92 Å². The maximum absolute atomic E-state index is 12.0. The topological polar surface area (TPSA) is 76.0 Å². The number of hydrogen-bond donors (Lipinski definition) is 2. The fourth-order valence-corrected chi connectivity index (χ4v) is 1.86. The first-order valence-electron chi connectivity index (χ1n) is 7.24. The molecule has 6 nitrogen and oxygen atoms in total. The predicted octanol–water partition coefficient (Wildman–Crippen LogP) is 1.37. The second-order valence-corrected chi connectivity index (χ2v) is 5.20. The van der Waals surface area contributed by atoms with Crippen molar-refractivity contribution in [1.82, 2.24) is 20.4 Å². The van der Waals surface area contributed by atoms with Crippen LogP contribution >= 0.6 is 0 Å². The monoisotopic (exact) mass is 300 g/mol. The van der Waals surface area contributed by atoms with Gasteiger partial charge in [-0.25, -0.2) is 4.68 Å². The van der Waals surface area contributed by atoms with E-state index in [9.17, 15) is 9.59 Å². The Balaban J connectivity index is 1.82. The molecule has 0 fully saturated rings. The molecule has 2 rings (SSSR count). The molecule has 1 heterocycles. The highest BCUT2D eigenvalue weighted by atomic mass is 16.2. The van der Waals surface area contributed by atoms with Gasteiger partial charge >= 0.3 is 0 Å². The number of carbonyl (C=O) groups excluding carboxylic acids is 2. The van der Waals surface area contributed by atoms with Crippen LogP contribution in [-0.2, 0) is 4.79 Å². The van der Waals surface area contributed by atoms with E-state index in [4.69, 9.17) is 0 Å². The first-order chi connectivity index (χ1) is 10.6. The molecule has 0 aliphatic carbocycles. The van der Waals surface area contributed by atoms with Gasteiger partial charge in [0.1, 0.15) is 0 Å². The first kappa shape index (κ1) is 15.8. The van der Waals surface area contributed by atoms with Gasteiger partial charge in [-0.1, -0.05) is 13.8 Å². The van der Waals surface area contributed by atoms with Gasteiger partial charge in [-0.3, -0.25) is 9.59 Å². The van der Waals surface area contributed by atoms with Crippen molar-refractivity contribution < 1.29 is 9.59 Å². The van der Waals surface area contributed by atoms with E-state index >= 15 is 0 Å². The molecule has 2 aromatic rings. The van der Waals surface area contributed by atoms with Crippen LogP contribution in [-0.4, -0.2) is 34.7 Å². The van der Waals surface area contributed by atoms with Crippen molar-refractivity contribution in [1.29, 1.82) is 0 Å². The molecule has 0 aliphatic heterocycles. The Morgan fingerprint density at radius 1 is 1.14 bits per heavy atom. The molecule has 0 saturated heterocycles. The molecule has 0 saturated carbocycles. The Bertz CT molecular complexity index is 618. The van der Waals surface area contributed by atoms with Gasteiger partial charge in [-0.2, -0.15) is 5.10 Å². The minimum atomic E-state index is -0.161. The molecule has 0 spiro atoms. The van der Waals surface area contributed by atoms with Gasteiger partial charge in [0.05, 0.1) is 5.69 Å². The van der Waals surface area contributed by atoms with Crippen molar-refractivity contribution in [2.75, 3.05) is 13.1 Å². The lowest BCUT2D eigenvalue weighted by Gasteiger charge is -2.09. The van der Waals surface area contributed by atoms with Gasteiger partial charge in [0.25, 0.3) is 5.91 Å². The standard InChI is InChI=1S/C16H20N4O2/c1-12(2)15(21)17-9-10-18-16(22)13-4-6-14(7-5-13)20-11-3-8-19-20/h3-8,11-12H,9-10H2,1-2H3,(H,17,21)(H,18,22). The third-order valence-corrected chi connectivity index (χ3v) is 3.13. The average molecular weight is 300 g/mol. The van der Waals surface area contributed by atoms with Crippen LogP contribution in [0.1, 0.15) is 24.2 Å². The quantitative estimate of drug-likeness (QED) is 0.791. The van der Waals surface area contributed by atoms with Crippen molar-refractivity contribution in [3.63, 3.8) is 0 Å². The summed E-state index contributed by atoms with van der Waals surface area (Å²) in [5.74, 6) is -0.228. The molecule has 116 valence electrons. The van der Waals surface area contributed by atoms with E-state index in [0.717, 1.165) is 5.69 Å². The molecule has 1 aromatic heterocycles. The lowest BCUT2D eigenvalue weighted by Crippen LogP contribution is -2.36. The maximum Gasteiger partial charge on any atom is 0.251 e. The molecule has 0 aliphatic rings. The molecular formula is C16H20N4O2. The van der Waals surface area contributed by atoms with Crippen LogP contribution in [0, 0.1) is 5.92 Å². The molecule has 0 unspecified atom stereocenters. The predicted molar refractivity (Wildman–Crippen MR) is 83.7 cm³/mol. The number of rotatable bonds is 6. The Morgan fingerprint density at radius 3 is 2.41 bits per heavy atom. The van der Waals surface area contributed by atoms with E-state index in [1.54, 1.807) is 23.0 Å². The van der Waals surface area contributed by atoms with Gasteiger partial charge < -0.3 is 10.6 Å². The number of carbonyl (C=O) groups is 2. The highest BCUT2D eigenvalue weighted by Crippen LogP contribution is 2.08. The summed E-state index contributed by atoms with van der Waals surface area (Å²) in [6.45, 7) is 4.48. The minimum absolute atomic E-state index is 0.0159. The Morgan fingerprint density at radius 2 is 1.82 bits per heavy atom. The molecule has 22 heavy (non-hydrogen) atoms. The molecule has 0 bridgehead atoms. The fourth-order valence-electron chi connectivity index (χ4n) is 1.86. The zero-order valence-corrected chi connectivity index (χ0v) is 12.7. The van der Waals surface area contributed by atoms with Crippen LogP contribution in [0.5, 0.6) is 0 Å². The van der Waals surface area contributed by atoms with Crippen LogP contribution in [0.15, 0.2) is 42.7 Å². The largest absolute Gasteiger partial charge is 0.354 e. The molecule has 6 heteroatoms. The molecule has 2 amide bonds. The number of amides is 2. The van der Waals surface area contributed by atoms with E-state index in [-0.39, 0.29) is 17.7 Å². The summed E-state index contributed by atoms with van der Waals surface area (Å²) in [6.07, 6.45) is 3.54. The first-order valence-corrected chi connectivity index (χ1v) is 7.24. The van der Waals surface area contributed by atoms with Gasteiger partial charge in [-0.15, -0.1) is 0 Å². The van der Waals surface area contributed by atoms with Crippen LogP contribution in [0.25, 0.3) is 5.69 Å². The number of benzene rings is 1. The molecule has 0 radical (unpaired) electrons. The molecular weight excluding hydrogens is 280 g/mol. The lowest BCUT2D eigenvalue weighted by atomic mass is 10.2. The fraction of sp³-hybridized carbons (Fsp3) is 0.312. The van der Waals surface area contributed by atoms with Crippen molar-refractivity contribution >= 4 is 11.8 Å².